The summed E-state index contributed by atoms with van der Waals surface area (Å²) in [4.78, 5) is 13.8. The van der Waals surface area contributed by atoms with Crippen LogP contribution in [-0.4, -0.2) is 30.5 Å². The van der Waals surface area contributed by atoms with Gasteiger partial charge in [-0.25, -0.2) is 4.39 Å². The Labute approximate surface area is 146 Å². The third kappa shape index (κ3) is 3.88. The van der Waals surface area contributed by atoms with E-state index < -0.39 is 5.82 Å². The highest BCUT2D eigenvalue weighted by Gasteiger charge is 2.18. The molecule has 0 atom stereocenters. The van der Waals surface area contributed by atoms with Crippen LogP contribution in [-0.2, 0) is 4.79 Å². The summed E-state index contributed by atoms with van der Waals surface area (Å²) < 4.78 is 19.4. The van der Waals surface area contributed by atoms with Gasteiger partial charge < -0.3 is 9.64 Å². The Hall–Kier alpha value is -2.07. The van der Waals surface area contributed by atoms with Gasteiger partial charge in [-0.3, -0.25) is 4.79 Å². The molecule has 1 amide bonds. The third-order valence-corrected chi connectivity index (χ3v) is 4.44. The van der Waals surface area contributed by atoms with Gasteiger partial charge in [0.15, 0.2) is 6.61 Å². The summed E-state index contributed by atoms with van der Waals surface area (Å²) in [6, 6.07) is 10.00. The molecule has 0 radical (unpaired) electrons. The van der Waals surface area contributed by atoms with Crippen molar-refractivity contribution >= 4 is 17.5 Å². The van der Waals surface area contributed by atoms with Gasteiger partial charge in [-0.2, -0.15) is 0 Å². The Balaban J connectivity index is 1.77. The standard InChI is InChI=1S/C19H19ClFNO2/c1-13-4-5-17(18(20)8-13)14-9-15(21)11-16(10-14)24-12-19(23)22-6-2-3-7-22/h4-5,8-11H,2-3,6-7,12H2,1H3. The summed E-state index contributed by atoms with van der Waals surface area (Å²) in [7, 11) is 0. The molecule has 0 saturated carbocycles. The SMILES string of the molecule is Cc1ccc(-c2cc(F)cc(OCC(=O)N3CCCC3)c2)c(Cl)c1. The molecule has 2 aromatic rings. The van der Waals surface area contributed by atoms with E-state index in [0.717, 1.165) is 37.1 Å². The first kappa shape index (κ1) is 16.8. The Morgan fingerprint density at radius 1 is 1.21 bits per heavy atom. The molecule has 1 aliphatic rings. The number of halogens is 2. The van der Waals surface area contributed by atoms with E-state index in [1.165, 1.54) is 12.1 Å². The van der Waals surface area contributed by atoms with Gasteiger partial charge in [0.2, 0.25) is 0 Å². The van der Waals surface area contributed by atoms with E-state index in [-0.39, 0.29) is 12.5 Å². The zero-order valence-electron chi connectivity index (χ0n) is 13.5. The van der Waals surface area contributed by atoms with Crippen LogP contribution in [0.1, 0.15) is 18.4 Å². The molecule has 0 aromatic heterocycles. The molecule has 3 rings (SSSR count). The number of aryl methyl sites for hydroxylation is 1. The number of hydrogen-bond donors (Lipinski definition) is 0. The van der Waals surface area contributed by atoms with Crippen molar-refractivity contribution in [3.05, 3.63) is 52.8 Å². The maximum atomic E-state index is 13.9. The van der Waals surface area contributed by atoms with E-state index in [1.807, 2.05) is 25.1 Å². The monoisotopic (exact) mass is 347 g/mol. The van der Waals surface area contributed by atoms with Crippen molar-refractivity contribution in [2.75, 3.05) is 19.7 Å². The molecule has 1 saturated heterocycles. The van der Waals surface area contributed by atoms with Crippen LogP contribution in [0, 0.1) is 12.7 Å². The van der Waals surface area contributed by atoms with Crippen LogP contribution in [0.3, 0.4) is 0 Å². The van der Waals surface area contributed by atoms with E-state index in [1.54, 1.807) is 11.0 Å². The van der Waals surface area contributed by atoms with Gasteiger partial charge in [-0.05, 0) is 49.1 Å². The summed E-state index contributed by atoms with van der Waals surface area (Å²) in [6.07, 6.45) is 2.06. The van der Waals surface area contributed by atoms with Crippen molar-refractivity contribution in [3.8, 4) is 16.9 Å². The van der Waals surface area contributed by atoms with Crippen LogP contribution in [0.4, 0.5) is 4.39 Å². The number of amides is 1. The van der Waals surface area contributed by atoms with Crippen LogP contribution in [0.2, 0.25) is 5.02 Å². The highest BCUT2D eigenvalue weighted by atomic mass is 35.5. The van der Waals surface area contributed by atoms with Gasteiger partial charge in [0.25, 0.3) is 5.91 Å². The van der Waals surface area contributed by atoms with Crippen molar-refractivity contribution in [1.82, 2.24) is 4.90 Å². The van der Waals surface area contributed by atoms with Gasteiger partial charge in [0.05, 0.1) is 0 Å². The Morgan fingerprint density at radius 2 is 1.96 bits per heavy atom. The quantitative estimate of drug-likeness (QED) is 0.817. The van der Waals surface area contributed by atoms with Crippen LogP contribution < -0.4 is 4.74 Å². The first-order chi connectivity index (χ1) is 11.5. The highest BCUT2D eigenvalue weighted by Crippen LogP contribution is 2.31. The van der Waals surface area contributed by atoms with Gasteiger partial charge in [0, 0.05) is 29.7 Å². The molecule has 0 N–H and O–H groups in total. The van der Waals surface area contributed by atoms with Crippen LogP contribution in [0.15, 0.2) is 36.4 Å². The van der Waals surface area contributed by atoms with Crippen LogP contribution >= 0.6 is 11.6 Å². The molecule has 5 heteroatoms. The predicted molar refractivity (Wildman–Crippen MR) is 92.9 cm³/mol. The highest BCUT2D eigenvalue weighted by molar-refractivity contribution is 6.33. The maximum absolute atomic E-state index is 13.9. The number of hydrogen-bond acceptors (Lipinski definition) is 2. The molecular formula is C19H19ClFNO2. The molecule has 1 aliphatic heterocycles. The van der Waals surface area contributed by atoms with Crippen molar-refractivity contribution in [3.63, 3.8) is 0 Å². The molecule has 24 heavy (non-hydrogen) atoms. The molecule has 0 aliphatic carbocycles. The Morgan fingerprint density at radius 3 is 2.67 bits per heavy atom. The lowest BCUT2D eigenvalue weighted by Crippen LogP contribution is -2.32. The molecule has 0 bridgehead atoms. The topological polar surface area (TPSA) is 29.5 Å². The third-order valence-electron chi connectivity index (χ3n) is 4.13. The van der Waals surface area contributed by atoms with E-state index in [2.05, 4.69) is 0 Å². The summed E-state index contributed by atoms with van der Waals surface area (Å²) in [5.41, 5.74) is 2.40. The molecule has 2 aromatic carbocycles. The Kier molecular flexibility index (Phi) is 5.05. The first-order valence-electron chi connectivity index (χ1n) is 8.00. The minimum atomic E-state index is -0.423. The van der Waals surface area contributed by atoms with Crippen molar-refractivity contribution in [1.29, 1.82) is 0 Å². The fourth-order valence-electron chi connectivity index (χ4n) is 2.86. The van der Waals surface area contributed by atoms with E-state index in [0.29, 0.717) is 16.3 Å². The number of carbonyl (C=O) groups is 1. The Bertz CT molecular complexity index is 757. The number of carbonyl (C=O) groups excluding carboxylic acids is 1. The number of benzene rings is 2. The normalized spacial score (nSPS) is 14.0. The molecular weight excluding hydrogens is 329 g/mol. The molecule has 1 heterocycles. The minimum Gasteiger partial charge on any atom is -0.484 e. The molecule has 126 valence electrons. The second-order valence-corrected chi connectivity index (χ2v) is 6.44. The average Bonchev–Trinajstić information content (AvgIpc) is 3.06. The second kappa shape index (κ2) is 7.22. The van der Waals surface area contributed by atoms with Gasteiger partial charge >= 0.3 is 0 Å². The van der Waals surface area contributed by atoms with E-state index in [4.69, 9.17) is 16.3 Å². The molecule has 1 fully saturated rings. The van der Waals surface area contributed by atoms with E-state index in [9.17, 15) is 9.18 Å². The summed E-state index contributed by atoms with van der Waals surface area (Å²) in [5.74, 6) is -0.159. The number of likely N-dealkylation sites (tertiary alicyclic amines) is 1. The first-order valence-corrected chi connectivity index (χ1v) is 8.38. The van der Waals surface area contributed by atoms with Crippen LogP contribution in [0.25, 0.3) is 11.1 Å². The van der Waals surface area contributed by atoms with E-state index >= 15 is 0 Å². The lowest BCUT2D eigenvalue weighted by atomic mass is 10.0. The zero-order valence-corrected chi connectivity index (χ0v) is 14.3. The zero-order chi connectivity index (χ0) is 17.1. The lowest BCUT2D eigenvalue weighted by molar-refractivity contribution is -0.132. The second-order valence-electron chi connectivity index (χ2n) is 6.04. The summed E-state index contributed by atoms with van der Waals surface area (Å²) >= 11 is 6.26. The minimum absolute atomic E-state index is 0.0633. The van der Waals surface area contributed by atoms with Crippen LogP contribution in [0.5, 0.6) is 5.75 Å². The summed E-state index contributed by atoms with van der Waals surface area (Å²) in [6.45, 7) is 3.41. The van der Waals surface area contributed by atoms with Gasteiger partial charge in [-0.1, -0.05) is 23.7 Å². The fourth-order valence-corrected chi connectivity index (χ4v) is 3.20. The van der Waals surface area contributed by atoms with Crippen molar-refractivity contribution in [2.24, 2.45) is 0 Å². The van der Waals surface area contributed by atoms with Gasteiger partial charge in [0.1, 0.15) is 11.6 Å². The number of nitrogens with zero attached hydrogens (tertiary/aromatic N) is 1. The summed E-state index contributed by atoms with van der Waals surface area (Å²) in [5, 5.41) is 0.555. The number of ether oxygens (including phenoxy) is 1. The van der Waals surface area contributed by atoms with Gasteiger partial charge in [-0.15, -0.1) is 0 Å². The fraction of sp³-hybridized carbons (Fsp3) is 0.316. The largest absolute Gasteiger partial charge is 0.484 e. The van der Waals surface area contributed by atoms with Crippen molar-refractivity contribution in [2.45, 2.75) is 19.8 Å². The van der Waals surface area contributed by atoms with Crippen molar-refractivity contribution < 1.29 is 13.9 Å². The predicted octanol–water partition coefficient (Wildman–Crippen LogP) is 4.46. The maximum Gasteiger partial charge on any atom is 0.260 e. The average molecular weight is 348 g/mol. The molecule has 3 nitrogen and oxygen atoms in total. The molecule has 0 spiro atoms. The number of rotatable bonds is 4. The smallest absolute Gasteiger partial charge is 0.260 e. The molecule has 0 unspecified atom stereocenters. The lowest BCUT2D eigenvalue weighted by Gasteiger charge is -2.16.